The summed E-state index contributed by atoms with van der Waals surface area (Å²) in [5.74, 6) is -0.416. The fourth-order valence-electron chi connectivity index (χ4n) is 0.933. The first-order chi connectivity index (χ1) is 5.84. The van der Waals surface area contributed by atoms with Crippen molar-refractivity contribution in [1.82, 2.24) is 4.98 Å². The number of pyridine rings is 1. The van der Waals surface area contributed by atoms with Gasteiger partial charge in [0.05, 0.1) is 18.5 Å². The molecule has 2 heterocycles. The molecule has 0 saturated carbocycles. The summed E-state index contributed by atoms with van der Waals surface area (Å²) in [6.07, 6.45) is 1.48. The van der Waals surface area contributed by atoms with Crippen molar-refractivity contribution >= 4 is 11.8 Å². The summed E-state index contributed by atoms with van der Waals surface area (Å²) in [4.78, 5) is 4.41. The number of hydrogen-bond acceptors (Lipinski definition) is 3. The lowest BCUT2D eigenvalue weighted by Gasteiger charge is -2.24. The molecule has 64 valence electrons. The minimum Gasteiger partial charge on any atom is -0.379 e. The van der Waals surface area contributed by atoms with Crippen LogP contribution >= 0.6 is 11.8 Å². The molecule has 1 aliphatic heterocycles. The monoisotopic (exact) mass is 185 g/mol. The van der Waals surface area contributed by atoms with Crippen molar-refractivity contribution in [3.63, 3.8) is 0 Å². The molecule has 0 amide bonds. The van der Waals surface area contributed by atoms with E-state index < -0.39 is 5.95 Å². The summed E-state index contributed by atoms with van der Waals surface area (Å²) < 4.78 is 17.6. The maximum Gasteiger partial charge on any atom is 0.213 e. The number of hydrogen-bond donors (Lipinski definition) is 0. The average Bonchev–Trinajstić information content (AvgIpc) is 1.97. The van der Waals surface area contributed by atoms with Gasteiger partial charge in [0.25, 0.3) is 0 Å². The maximum absolute atomic E-state index is 12.6. The van der Waals surface area contributed by atoms with Gasteiger partial charge in [0, 0.05) is 17.2 Å². The van der Waals surface area contributed by atoms with E-state index in [9.17, 15) is 4.39 Å². The van der Waals surface area contributed by atoms with Crippen molar-refractivity contribution in [2.75, 3.05) is 13.2 Å². The molecule has 4 heteroatoms. The van der Waals surface area contributed by atoms with Gasteiger partial charge in [-0.1, -0.05) is 0 Å². The number of thioether (sulfide) groups is 1. The number of nitrogens with zero attached hydrogens (tertiary/aromatic N) is 1. The van der Waals surface area contributed by atoms with E-state index in [0.717, 1.165) is 18.1 Å². The third-order valence-corrected chi connectivity index (χ3v) is 2.74. The molecule has 0 aromatic carbocycles. The van der Waals surface area contributed by atoms with Crippen LogP contribution in [0.4, 0.5) is 4.39 Å². The fourth-order valence-corrected chi connectivity index (χ4v) is 1.95. The Labute approximate surface area is 74.1 Å². The lowest BCUT2D eigenvalue weighted by molar-refractivity contribution is 0.0455. The highest BCUT2D eigenvalue weighted by atomic mass is 32.2. The van der Waals surface area contributed by atoms with Crippen LogP contribution in [-0.4, -0.2) is 23.4 Å². The fraction of sp³-hybridized carbons (Fsp3) is 0.375. The molecule has 0 radical (unpaired) electrons. The van der Waals surface area contributed by atoms with Crippen LogP contribution in [0.2, 0.25) is 0 Å². The standard InChI is InChI=1S/C8H8FNOS/c9-8-3-6(1-2-10-8)12-7-4-11-5-7/h1-3,7H,4-5H2. The molecule has 2 rings (SSSR count). The molecular formula is C8H8FNOS. The van der Waals surface area contributed by atoms with Crippen molar-refractivity contribution in [3.05, 3.63) is 24.3 Å². The van der Waals surface area contributed by atoms with Crippen LogP contribution in [0.5, 0.6) is 0 Å². The first-order valence-corrected chi connectivity index (χ1v) is 4.58. The average molecular weight is 185 g/mol. The Morgan fingerprint density at radius 2 is 2.42 bits per heavy atom. The Kier molecular flexibility index (Phi) is 2.28. The Morgan fingerprint density at radius 1 is 1.58 bits per heavy atom. The van der Waals surface area contributed by atoms with Crippen molar-refractivity contribution in [2.45, 2.75) is 10.1 Å². The Balaban J connectivity index is 2.02. The van der Waals surface area contributed by atoms with Gasteiger partial charge < -0.3 is 4.74 Å². The molecule has 0 spiro atoms. The highest BCUT2D eigenvalue weighted by Crippen LogP contribution is 2.27. The van der Waals surface area contributed by atoms with E-state index in [0.29, 0.717) is 5.25 Å². The molecule has 1 saturated heterocycles. The van der Waals surface area contributed by atoms with Crippen LogP contribution in [0, 0.1) is 5.95 Å². The van der Waals surface area contributed by atoms with Crippen molar-refractivity contribution < 1.29 is 9.13 Å². The van der Waals surface area contributed by atoms with Gasteiger partial charge in [0.15, 0.2) is 0 Å². The molecular weight excluding hydrogens is 177 g/mol. The van der Waals surface area contributed by atoms with E-state index in [-0.39, 0.29) is 0 Å². The van der Waals surface area contributed by atoms with E-state index >= 15 is 0 Å². The normalized spacial score (nSPS) is 17.4. The number of aromatic nitrogens is 1. The van der Waals surface area contributed by atoms with Gasteiger partial charge in [0.1, 0.15) is 0 Å². The molecule has 0 atom stereocenters. The molecule has 1 aromatic rings. The summed E-state index contributed by atoms with van der Waals surface area (Å²) in [6.45, 7) is 1.54. The molecule has 0 N–H and O–H groups in total. The molecule has 12 heavy (non-hydrogen) atoms. The van der Waals surface area contributed by atoms with Gasteiger partial charge in [-0.05, 0) is 6.07 Å². The van der Waals surface area contributed by atoms with Gasteiger partial charge >= 0.3 is 0 Å². The van der Waals surface area contributed by atoms with E-state index in [1.54, 1.807) is 11.8 Å². The van der Waals surface area contributed by atoms with Crippen LogP contribution in [0.15, 0.2) is 23.2 Å². The van der Waals surface area contributed by atoms with Crippen LogP contribution < -0.4 is 0 Å². The molecule has 1 aliphatic rings. The van der Waals surface area contributed by atoms with Crippen LogP contribution in [0.25, 0.3) is 0 Å². The summed E-state index contributed by atoms with van der Waals surface area (Å²) in [7, 11) is 0. The number of rotatable bonds is 2. The Morgan fingerprint density at radius 3 is 3.00 bits per heavy atom. The van der Waals surface area contributed by atoms with Gasteiger partial charge in [-0.3, -0.25) is 0 Å². The Hall–Kier alpha value is -0.610. The lowest BCUT2D eigenvalue weighted by atomic mass is 10.4. The summed E-state index contributed by atoms with van der Waals surface area (Å²) >= 11 is 1.64. The van der Waals surface area contributed by atoms with Gasteiger partial charge in [0.2, 0.25) is 5.95 Å². The molecule has 0 aliphatic carbocycles. The predicted octanol–water partition coefficient (Wildman–Crippen LogP) is 1.71. The van der Waals surface area contributed by atoms with Crippen molar-refractivity contribution in [1.29, 1.82) is 0 Å². The lowest BCUT2D eigenvalue weighted by Crippen LogP contribution is -2.30. The van der Waals surface area contributed by atoms with E-state index in [1.807, 2.05) is 6.07 Å². The second kappa shape index (κ2) is 3.41. The van der Waals surface area contributed by atoms with E-state index in [2.05, 4.69) is 4.98 Å². The first-order valence-electron chi connectivity index (χ1n) is 3.70. The number of ether oxygens (including phenoxy) is 1. The minimum atomic E-state index is -0.416. The third-order valence-electron chi connectivity index (χ3n) is 1.61. The topological polar surface area (TPSA) is 22.1 Å². The Bertz CT molecular complexity index is 278. The summed E-state index contributed by atoms with van der Waals surface area (Å²) in [5, 5.41) is 0.492. The van der Waals surface area contributed by atoms with Crippen molar-refractivity contribution in [2.24, 2.45) is 0 Å². The van der Waals surface area contributed by atoms with Crippen LogP contribution in [0.1, 0.15) is 0 Å². The van der Waals surface area contributed by atoms with Crippen molar-refractivity contribution in [3.8, 4) is 0 Å². The second-order valence-corrected chi connectivity index (χ2v) is 3.97. The first kappa shape index (κ1) is 8.01. The van der Waals surface area contributed by atoms with E-state index in [4.69, 9.17) is 4.74 Å². The molecule has 0 unspecified atom stereocenters. The van der Waals surface area contributed by atoms with Crippen LogP contribution in [-0.2, 0) is 4.74 Å². The zero-order valence-corrected chi connectivity index (χ0v) is 7.18. The zero-order valence-electron chi connectivity index (χ0n) is 6.37. The largest absolute Gasteiger partial charge is 0.379 e. The molecule has 1 aromatic heterocycles. The highest BCUT2D eigenvalue weighted by molar-refractivity contribution is 8.00. The second-order valence-electron chi connectivity index (χ2n) is 2.59. The van der Waals surface area contributed by atoms with Gasteiger partial charge in [-0.15, -0.1) is 11.8 Å². The van der Waals surface area contributed by atoms with Gasteiger partial charge in [-0.25, -0.2) is 4.98 Å². The quantitative estimate of drug-likeness (QED) is 0.655. The third kappa shape index (κ3) is 1.76. The van der Waals surface area contributed by atoms with Crippen LogP contribution in [0.3, 0.4) is 0 Å². The predicted molar refractivity (Wildman–Crippen MR) is 44.7 cm³/mol. The smallest absolute Gasteiger partial charge is 0.213 e. The minimum absolute atomic E-state index is 0.416. The molecule has 0 bridgehead atoms. The maximum atomic E-state index is 12.6. The summed E-state index contributed by atoms with van der Waals surface area (Å²) in [6, 6.07) is 3.26. The van der Waals surface area contributed by atoms with Gasteiger partial charge in [-0.2, -0.15) is 4.39 Å². The SMILES string of the molecule is Fc1cc(SC2COC2)ccn1. The highest BCUT2D eigenvalue weighted by Gasteiger charge is 2.19. The molecule has 2 nitrogen and oxygen atoms in total. The zero-order chi connectivity index (χ0) is 8.39. The van der Waals surface area contributed by atoms with E-state index in [1.165, 1.54) is 12.3 Å². The summed E-state index contributed by atoms with van der Waals surface area (Å²) in [5.41, 5.74) is 0. The molecule has 1 fully saturated rings. The number of halogens is 1.